The topological polar surface area (TPSA) is 17.4 Å². The van der Waals surface area contributed by atoms with E-state index >= 15 is 0 Å². The third-order valence-corrected chi connectivity index (χ3v) is 13.8. The summed E-state index contributed by atoms with van der Waals surface area (Å²) in [6, 6.07) is 77.9. The fourth-order valence-corrected chi connectivity index (χ4v) is 11.0. The Morgan fingerprint density at radius 2 is 1.06 bits per heavy atom. The predicted molar refractivity (Wildman–Crippen MR) is 264 cm³/mol. The first-order valence-electron chi connectivity index (χ1n) is 22.3. The molecule has 3 nitrogen and oxygen atoms in total. The quantitative estimate of drug-likeness (QED) is 0.166. The van der Waals surface area contributed by atoms with Gasteiger partial charge in [-0.05, 0) is 107 Å². The van der Waals surface area contributed by atoms with E-state index in [2.05, 4.69) is 246 Å². The molecule has 1 spiro atoms. The molecule has 64 heavy (non-hydrogen) atoms. The number of rotatable bonds is 6. The molecule has 2 heterocycles. The number of aromatic nitrogens is 1. The average Bonchev–Trinajstić information content (AvgIpc) is 3.85. The van der Waals surface area contributed by atoms with Crippen molar-refractivity contribution in [2.24, 2.45) is 0 Å². The molecular formula is C61H42N2O. The summed E-state index contributed by atoms with van der Waals surface area (Å²) in [5, 5.41) is 2.51. The van der Waals surface area contributed by atoms with Gasteiger partial charge in [-0.25, -0.2) is 0 Å². The molecule has 0 amide bonds. The number of fused-ring (bicyclic) bond motifs is 12. The first-order valence-corrected chi connectivity index (χ1v) is 22.3. The van der Waals surface area contributed by atoms with Gasteiger partial charge in [0.2, 0.25) is 0 Å². The average molecular weight is 819 g/mol. The molecule has 1 aromatic heterocycles. The van der Waals surface area contributed by atoms with Crippen molar-refractivity contribution < 1.29 is 4.74 Å². The number of benzene rings is 9. The maximum Gasteiger partial charge on any atom is 0.132 e. The zero-order valence-corrected chi connectivity index (χ0v) is 35.1. The summed E-state index contributed by atoms with van der Waals surface area (Å²) in [6.07, 6.45) is 9.96. The van der Waals surface area contributed by atoms with Crippen LogP contribution in [0.4, 0.5) is 17.1 Å². The van der Waals surface area contributed by atoms with Gasteiger partial charge in [-0.1, -0.05) is 170 Å². The van der Waals surface area contributed by atoms with E-state index in [1.54, 1.807) is 0 Å². The van der Waals surface area contributed by atoms with Crippen molar-refractivity contribution in [3.63, 3.8) is 0 Å². The van der Waals surface area contributed by atoms with Gasteiger partial charge in [0.1, 0.15) is 11.5 Å². The second-order valence-corrected chi connectivity index (χ2v) is 17.1. The highest BCUT2D eigenvalue weighted by Crippen LogP contribution is 2.63. The Kier molecular flexibility index (Phi) is 8.26. The van der Waals surface area contributed by atoms with Gasteiger partial charge >= 0.3 is 0 Å². The fourth-order valence-electron chi connectivity index (χ4n) is 11.0. The number of allylic oxidation sites excluding steroid dienone is 4. The van der Waals surface area contributed by atoms with E-state index in [0.717, 1.165) is 57.4 Å². The molecule has 0 N–H and O–H groups in total. The van der Waals surface area contributed by atoms with Crippen LogP contribution in [0.2, 0.25) is 0 Å². The number of para-hydroxylation sites is 5. The van der Waals surface area contributed by atoms with E-state index in [0.29, 0.717) is 5.92 Å². The van der Waals surface area contributed by atoms with Crippen molar-refractivity contribution in [2.75, 3.05) is 4.90 Å². The molecule has 1 atom stereocenters. The van der Waals surface area contributed by atoms with Crippen molar-refractivity contribution in [1.29, 1.82) is 0 Å². The Hall–Kier alpha value is -8.14. The fraction of sp³-hybridized carbons (Fsp3) is 0.0492. The Labute approximate surface area is 373 Å². The Balaban J connectivity index is 1.05. The smallest absolute Gasteiger partial charge is 0.132 e. The highest BCUT2D eigenvalue weighted by atomic mass is 16.5. The summed E-state index contributed by atoms with van der Waals surface area (Å²) in [5.74, 6) is 2.10. The van der Waals surface area contributed by atoms with Crippen LogP contribution in [0, 0.1) is 0 Å². The Bertz CT molecular complexity index is 3420. The third-order valence-electron chi connectivity index (χ3n) is 13.8. The molecule has 13 rings (SSSR count). The lowest BCUT2D eigenvalue weighted by atomic mass is 9.65. The molecule has 0 saturated carbocycles. The number of nitrogens with zero attached hydrogens (tertiary/aromatic N) is 2. The van der Waals surface area contributed by atoms with Crippen molar-refractivity contribution in [1.82, 2.24) is 4.57 Å². The van der Waals surface area contributed by atoms with E-state index in [1.807, 2.05) is 0 Å². The molecule has 10 aromatic rings. The number of ether oxygens (including phenoxy) is 1. The highest BCUT2D eigenvalue weighted by molar-refractivity contribution is 6.09. The Morgan fingerprint density at radius 1 is 0.469 bits per heavy atom. The second kappa shape index (κ2) is 14.5. The van der Waals surface area contributed by atoms with E-state index in [4.69, 9.17) is 4.74 Å². The van der Waals surface area contributed by atoms with E-state index in [1.165, 1.54) is 55.2 Å². The van der Waals surface area contributed by atoms with Gasteiger partial charge in [0.05, 0.1) is 22.1 Å². The lowest BCUT2D eigenvalue weighted by Crippen LogP contribution is -2.32. The molecule has 302 valence electrons. The summed E-state index contributed by atoms with van der Waals surface area (Å²) in [6.45, 7) is 0. The van der Waals surface area contributed by atoms with Gasteiger partial charge < -0.3 is 14.2 Å². The van der Waals surface area contributed by atoms with Crippen LogP contribution in [0.5, 0.6) is 11.5 Å². The maximum absolute atomic E-state index is 6.78. The van der Waals surface area contributed by atoms with E-state index in [-0.39, 0.29) is 0 Å². The van der Waals surface area contributed by atoms with Crippen LogP contribution < -0.4 is 9.64 Å². The summed E-state index contributed by atoms with van der Waals surface area (Å²) in [7, 11) is 0. The zero-order valence-electron chi connectivity index (χ0n) is 35.1. The zero-order chi connectivity index (χ0) is 42.2. The predicted octanol–water partition coefficient (Wildman–Crippen LogP) is 16.0. The summed E-state index contributed by atoms with van der Waals surface area (Å²) >= 11 is 0. The summed E-state index contributed by atoms with van der Waals surface area (Å²) < 4.78 is 9.17. The standard InChI is InChI=1S/C61H42N2O/c1-3-17-41(18-4-1)43-31-37-48-49-38-36-46(40-55(49)61(54(48)39-43)52-24-10-15-29-59(52)64-60-30-16-11-25-53(60)61)62(56-26-12-7-21-47(56)42-19-5-2-6-20-42)44-32-34-45(35-33-44)63-57-27-13-8-22-50(57)51-23-9-14-28-58(51)63/h1-17,19-41H,18H2. The largest absolute Gasteiger partial charge is 0.457 e. The van der Waals surface area contributed by atoms with Crippen LogP contribution in [-0.2, 0) is 5.41 Å². The molecule has 1 unspecified atom stereocenters. The first-order chi connectivity index (χ1) is 31.8. The molecule has 0 radical (unpaired) electrons. The lowest BCUT2D eigenvalue weighted by Gasteiger charge is -2.40. The number of anilines is 3. The summed E-state index contributed by atoms with van der Waals surface area (Å²) in [4.78, 5) is 2.46. The van der Waals surface area contributed by atoms with Crippen LogP contribution in [0.25, 0.3) is 49.7 Å². The molecule has 3 aliphatic rings. The molecule has 0 bridgehead atoms. The molecule has 9 aromatic carbocycles. The van der Waals surface area contributed by atoms with Crippen molar-refractivity contribution in [3.05, 3.63) is 264 Å². The minimum absolute atomic E-state index is 0.312. The molecule has 3 heteroatoms. The molecule has 2 aliphatic carbocycles. The van der Waals surface area contributed by atoms with Crippen LogP contribution in [0.15, 0.2) is 237 Å². The normalized spacial score (nSPS) is 15.1. The third kappa shape index (κ3) is 5.41. The molecule has 1 aliphatic heterocycles. The minimum atomic E-state index is -0.624. The van der Waals surface area contributed by atoms with Gasteiger partial charge in [-0.2, -0.15) is 0 Å². The SMILES string of the molecule is C1=CCC(c2ccc3c(c2)C2(c4ccccc4Oc4ccccc42)c2cc(N(c4ccc(-n5c6ccccc6c6ccccc65)cc4)c4ccccc4-c4ccccc4)ccc2-3)C=C1. The number of hydrogen-bond donors (Lipinski definition) is 0. The van der Waals surface area contributed by atoms with Crippen molar-refractivity contribution in [3.8, 4) is 39.4 Å². The first kappa shape index (κ1) is 36.5. The monoisotopic (exact) mass is 818 g/mol. The molecule has 0 saturated heterocycles. The van der Waals surface area contributed by atoms with Gasteiger partial charge in [0.15, 0.2) is 0 Å². The highest BCUT2D eigenvalue weighted by Gasteiger charge is 2.51. The van der Waals surface area contributed by atoms with E-state index in [9.17, 15) is 0 Å². The van der Waals surface area contributed by atoms with Gasteiger partial charge in [0.25, 0.3) is 0 Å². The summed E-state index contributed by atoms with van der Waals surface area (Å²) in [5.41, 5.74) is 17.2. The molecular weight excluding hydrogens is 777 g/mol. The maximum atomic E-state index is 6.78. The van der Waals surface area contributed by atoms with Gasteiger partial charge in [-0.15, -0.1) is 0 Å². The van der Waals surface area contributed by atoms with Crippen LogP contribution >= 0.6 is 0 Å². The van der Waals surface area contributed by atoms with Crippen LogP contribution in [0.3, 0.4) is 0 Å². The Morgan fingerprint density at radius 3 is 1.77 bits per heavy atom. The van der Waals surface area contributed by atoms with Gasteiger partial charge in [-0.3, -0.25) is 0 Å². The van der Waals surface area contributed by atoms with Gasteiger partial charge in [0, 0.05) is 50.4 Å². The van der Waals surface area contributed by atoms with Crippen LogP contribution in [0.1, 0.15) is 40.2 Å². The van der Waals surface area contributed by atoms with Crippen molar-refractivity contribution >= 4 is 38.9 Å². The van der Waals surface area contributed by atoms with Crippen molar-refractivity contribution in [2.45, 2.75) is 17.8 Å². The lowest BCUT2D eigenvalue weighted by molar-refractivity contribution is 0.436. The minimum Gasteiger partial charge on any atom is -0.457 e. The second-order valence-electron chi connectivity index (χ2n) is 17.1. The number of hydrogen-bond acceptors (Lipinski definition) is 2. The molecule has 0 fully saturated rings. The van der Waals surface area contributed by atoms with E-state index < -0.39 is 5.41 Å². The van der Waals surface area contributed by atoms with Crippen LogP contribution in [-0.4, -0.2) is 4.57 Å².